The normalized spacial score (nSPS) is 12.7. The number of hydrogen-bond acceptors (Lipinski definition) is 4. The van der Waals surface area contributed by atoms with Crippen LogP contribution in [0.3, 0.4) is 0 Å². The summed E-state index contributed by atoms with van der Waals surface area (Å²) in [5, 5.41) is 0. The summed E-state index contributed by atoms with van der Waals surface area (Å²) in [6.07, 6.45) is 0.148. The van der Waals surface area contributed by atoms with E-state index in [1.54, 1.807) is 25.3 Å². The number of benzene rings is 1. The van der Waals surface area contributed by atoms with Gasteiger partial charge in [-0.25, -0.2) is 0 Å². The number of hydrogen-bond donors (Lipinski definition) is 1. The van der Waals surface area contributed by atoms with Crippen LogP contribution in [0.15, 0.2) is 23.1 Å². The van der Waals surface area contributed by atoms with E-state index in [1.165, 1.54) is 0 Å². The lowest BCUT2D eigenvalue weighted by atomic mass is 10.3. The molecule has 0 aliphatic rings. The Hall–Kier alpha value is -1.07. The summed E-state index contributed by atoms with van der Waals surface area (Å²) >= 11 is 0. The predicted octanol–water partition coefficient (Wildman–Crippen LogP) is 1.81. The highest BCUT2D eigenvalue weighted by molar-refractivity contribution is 7.85. The van der Waals surface area contributed by atoms with Gasteiger partial charge in [-0.05, 0) is 32.0 Å². The molecule has 1 atom stereocenters. The van der Waals surface area contributed by atoms with Crippen LogP contribution >= 0.6 is 0 Å². The van der Waals surface area contributed by atoms with E-state index in [0.29, 0.717) is 28.7 Å². The topological polar surface area (TPSA) is 61.5 Å². The van der Waals surface area contributed by atoms with Crippen LogP contribution in [0.25, 0.3) is 0 Å². The molecule has 1 unspecified atom stereocenters. The van der Waals surface area contributed by atoms with E-state index in [2.05, 4.69) is 0 Å². The van der Waals surface area contributed by atoms with Crippen LogP contribution in [0.2, 0.25) is 0 Å². The van der Waals surface area contributed by atoms with Crippen molar-refractivity contribution in [1.29, 1.82) is 0 Å². The Labute approximate surface area is 105 Å². The molecule has 96 valence electrons. The first kappa shape index (κ1) is 14.0. The second kappa shape index (κ2) is 6.61. The molecule has 5 heteroatoms. The van der Waals surface area contributed by atoms with E-state index >= 15 is 0 Å². The minimum atomic E-state index is -1.15. The van der Waals surface area contributed by atoms with Gasteiger partial charge in [0.15, 0.2) is 0 Å². The summed E-state index contributed by atoms with van der Waals surface area (Å²) in [4.78, 5) is 0.608. The van der Waals surface area contributed by atoms with Crippen LogP contribution in [0.4, 0.5) is 5.69 Å². The van der Waals surface area contributed by atoms with E-state index < -0.39 is 10.8 Å². The number of rotatable bonds is 6. The SMILES string of the molecule is COc1ccc(N)c(S(=O)CCOC(C)C)c1. The number of nitrogen functional groups attached to an aromatic ring is 1. The third-order valence-electron chi connectivity index (χ3n) is 2.19. The first-order valence-electron chi connectivity index (χ1n) is 5.48. The lowest BCUT2D eigenvalue weighted by Gasteiger charge is -2.09. The standard InChI is InChI=1S/C12H19NO3S/c1-9(2)16-6-7-17(14)12-8-10(15-3)4-5-11(12)13/h4-5,8-9H,6-7,13H2,1-3H3. The Kier molecular flexibility index (Phi) is 5.44. The zero-order valence-electron chi connectivity index (χ0n) is 10.4. The van der Waals surface area contributed by atoms with Crippen LogP contribution in [0.1, 0.15) is 13.8 Å². The van der Waals surface area contributed by atoms with Crippen molar-refractivity contribution in [1.82, 2.24) is 0 Å². The third kappa shape index (κ3) is 4.36. The molecule has 1 rings (SSSR count). The summed E-state index contributed by atoms with van der Waals surface area (Å²) in [5.74, 6) is 1.10. The summed E-state index contributed by atoms with van der Waals surface area (Å²) in [6, 6.07) is 5.16. The third-order valence-corrected chi connectivity index (χ3v) is 3.57. The van der Waals surface area contributed by atoms with Gasteiger partial charge in [0.2, 0.25) is 0 Å². The molecule has 17 heavy (non-hydrogen) atoms. The maximum absolute atomic E-state index is 12.0. The van der Waals surface area contributed by atoms with Gasteiger partial charge >= 0.3 is 0 Å². The molecule has 0 saturated carbocycles. The van der Waals surface area contributed by atoms with Crippen molar-refractivity contribution >= 4 is 16.5 Å². The van der Waals surface area contributed by atoms with Crippen molar-refractivity contribution in [2.45, 2.75) is 24.8 Å². The molecule has 2 N–H and O–H groups in total. The maximum atomic E-state index is 12.0. The predicted molar refractivity (Wildman–Crippen MR) is 69.8 cm³/mol. The number of anilines is 1. The van der Waals surface area contributed by atoms with E-state index in [-0.39, 0.29) is 6.10 Å². The number of ether oxygens (including phenoxy) is 2. The first-order chi connectivity index (χ1) is 8.04. The van der Waals surface area contributed by atoms with Crippen molar-refractivity contribution < 1.29 is 13.7 Å². The lowest BCUT2D eigenvalue weighted by molar-refractivity contribution is 0.0916. The Bertz CT molecular complexity index is 393. The van der Waals surface area contributed by atoms with Gasteiger partial charge in [0.1, 0.15) is 5.75 Å². The van der Waals surface area contributed by atoms with Crippen molar-refractivity contribution in [3.05, 3.63) is 18.2 Å². The molecule has 0 amide bonds. The number of nitrogens with two attached hydrogens (primary N) is 1. The van der Waals surface area contributed by atoms with Crippen molar-refractivity contribution in [3.8, 4) is 5.75 Å². The molecule has 1 aromatic rings. The molecule has 4 nitrogen and oxygen atoms in total. The van der Waals surface area contributed by atoms with Gasteiger partial charge < -0.3 is 15.2 Å². The molecular formula is C12H19NO3S. The fraction of sp³-hybridized carbons (Fsp3) is 0.500. The summed E-state index contributed by atoms with van der Waals surface area (Å²) in [7, 11) is 0.416. The summed E-state index contributed by atoms with van der Waals surface area (Å²) in [6.45, 7) is 4.35. The van der Waals surface area contributed by atoms with Crippen LogP contribution in [0.5, 0.6) is 5.75 Å². The lowest BCUT2D eigenvalue weighted by Crippen LogP contribution is -2.12. The van der Waals surface area contributed by atoms with Gasteiger partial charge in [-0.3, -0.25) is 4.21 Å². The summed E-state index contributed by atoms with van der Waals surface area (Å²) in [5.41, 5.74) is 6.31. The Morgan fingerprint density at radius 1 is 1.41 bits per heavy atom. The van der Waals surface area contributed by atoms with Gasteiger partial charge in [0.05, 0.1) is 41.3 Å². The van der Waals surface area contributed by atoms with Gasteiger partial charge in [-0.1, -0.05) is 0 Å². The van der Waals surface area contributed by atoms with Gasteiger partial charge in [-0.15, -0.1) is 0 Å². The smallest absolute Gasteiger partial charge is 0.120 e. The molecule has 0 radical (unpaired) electrons. The van der Waals surface area contributed by atoms with Gasteiger partial charge in [0.25, 0.3) is 0 Å². The average Bonchev–Trinajstić information content (AvgIpc) is 2.29. The van der Waals surface area contributed by atoms with Crippen molar-refractivity contribution in [2.24, 2.45) is 0 Å². The molecule has 0 bridgehead atoms. The Morgan fingerprint density at radius 3 is 2.71 bits per heavy atom. The molecule has 1 aromatic carbocycles. The minimum Gasteiger partial charge on any atom is -0.497 e. The highest BCUT2D eigenvalue weighted by atomic mass is 32.2. The highest BCUT2D eigenvalue weighted by Gasteiger charge is 2.09. The zero-order valence-corrected chi connectivity index (χ0v) is 11.3. The van der Waals surface area contributed by atoms with E-state index in [0.717, 1.165) is 0 Å². The minimum absolute atomic E-state index is 0.148. The van der Waals surface area contributed by atoms with Gasteiger partial charge in [0, 0.05) is 5.69 Å². The fourth-order valence-electron chi connectivity index (χ4n) is 1.31. The van der Waals surface area contributed by atoms with Crippen molar-refractivity contribution in [2.75, 3.05) is 25.2 Å². The molecule has 0 heterocycles. The fourth-order valence-corrected chi connectivity index (χ4v) is 2.35. The Balaban J connectivity index is 2.67. The monoisotopic (exact) mass is 257 g/mol. The second-order valence-electron chi connectivity index (χ2n) is 3.87. The van der Waals surface area contributed by atoms with Crippen LogP contribution in [-0.2, 0) is 15.5 Å². The van der Waals surface area contributed by atoms with Crippen LogP contribution < -0.4 is 10.5 Å². The zero-order chi connectivity index (χ0) is 12.8. The molecular weight excluding hydrogens is 238 g/mol. The quantitative estimate of drug-likeness (QED) is 0.790. The highest BCUT2D eigenvalue weighted by Crippen LogP contribution is 2.22. The van der Waals surface area contributed by atoms with E-state index in [4.69, 9.17) is 15.2 Å². The van der Waals surface area contributed by atoms with Crippen LogP contribution in [0, 0.1) is 0 Å². The number of methoxy groups -OCH3 is 1. The second-order valence-corrected chi connectivity index (χ2v) is 5.41. The molecule has 0 aromatic heterocycles. The molecule has 0 saturated heterocycles. The Morgan fingerprint density at radius 2 is 2.12 bits per heavy atom. The molecule has 0 fully saturated rings. The van der Waals surface area contributed by atoms with Gasteiger partial charge in [-0.2, -0.15) is 0 Å². The maximum Gasteiger partial charge on any atom is 0.120 e. The van der Waals surface area contributed by atoms with E-state index in [1.807, 2.05) is 13.8 Å². The summed E-state index contributed by atoms with van der Waals surface area (Å²) < 4.78 is 22.5. The van der Waals surface area contributed by atoms with Crippen molar-refractivity contribution in [3.63, 3.8) is 0 Å². The van der Waals surface area contributed by atoms with Crippen LogP contribution in [-0.4, -0.2) is 29.8 Å². The van der Waals surface area contributed by atoms with E-state index in [9.17, 15) is 4.21 Å². The largest absolute Gasteiger partial charge is 0.497 e. The first-order valence-corrected chi connectivity index (χ1v) is 6.80. The average molecular weight is 257 g/mol. The molecule has 0 aliphatic carbocycles. The molecule has 0 spiro atoms. The molecule has 0 aliphatic heterocycles.